The van der Waals surface area contributed by atoms with Crippen LogP contribution in [0.4, 0.5) is 17.1 Å². The van der Waals surface area contributed by atoms with E-state index in [2.05, 4.69) is 76.5 Å². The molecule has 10 nitrogen and oxygen atoms in total. The van der Waals surface area contributed by atoms with E-state index >= 15 is 0 Å². The molecule has 0 amide bonds. The van der Waals surface area contributed by atoms with E-state index in [9.17, 15) is 4.79 Å². The third kappa shape index (κ3) is 5.87. The Morgan fingerprint density at radius 2 is 1.63 bits per heavy atom. The molecule has 1 N–H and O–H groups in total. The van der Waals surface area contributed by atoms with E-state index in [1.807, 2.05) is 31.2 Å². The Bertz CT molecular complexity index is 1690. The van der Waals surface area contributed by atoms with Gasteiger partial charge in [0, 0.05) is 61.8 Å². The standard InChI is InChI=1S/C36H44N6O4/c1-4-26(3)42-35(43)41(25-38-42)31-10-8-29(9-11-31)39-18-20-40(21-19-39)30-12-14-32(15-13-30)44-23-33-24-45-36(5-2,46-33)28-7-6-27-16-17-37-34(27)22-28/h6-15,22,25-26,33,37H,4-5,16-21,23-24H2,1-3H3. The Morgan fingerprint density at radius 3 is 2.30 bits per heavy atom. The van der Waals surface area contributed by atoms with Crippen LogP contribution < -0.4 is 25.5 Å². The van der Waals surface area contributed by atoms with Gasteiger partial charge in [-0.05, 0) is 79.9 Å². The number of ether oxygens (including phenoxy) is 3. The van der Waals surface area contributed by atoms with Crippen LogP contribution in [0.25, 0.3) is 5.69 Å². The van der Waals surface area contributed by atoms with Gasteiger partial charge in [0.2, 0.25) is 0 Å². The number of fused-ring (bicyclic) bond motifs is 1. The molecule has 3 atom stereocenters. The molecule has 0 aliphatic carbocycles. The lowest BCUT2D eigenvalue weighted by Gasteiger charge is -2.37. The summed E-state index contributed by atoms with van der Waals surface area (Å²) in [4.78, 5) is 17.6. The summed E-state index contributed by atoms with van der Waals surface area (Å²) in [5.74, 6) is 0.105. The van der Waals surface area contributed by atoms with E-state index in [0.29, 0.717) is 13.2 Å². The molecule has 2 saturated heterocycles. The largest absolute Gasteiger partial charge is 0.491 e. The Labute approximate surface area is 270 Å². The summed E-state index contributed by atoms with van der Waals surface area (Å²) >= 11 is 0. The zero-order valence-electron chi connectivity index (χ0n) is 27.0. The van der Waals surface area contributed by atoms with Gasteiger partial charge in [0.25, 0.3) is 0 Å². The van der Waals surface area contributed by atoms with Gasteiger partial charge in [-0.15, -0.1) is 0 Å². The van der Waals surface area contributed by atoms with Crippen LogP contribution in [-0.2, 0) is 21.7 Å². The molecule has 4 aromatic rings. The Hall–Kier alpha value is -4.28. The minimum atomic E-state index is -0.724. The van der Waals surface area contributed by atoms with E-state index in [1.54, 1.807) is 15.6 Å². The minimum Gasteiger partial charge on any atom is -0.491 e. The first kappa shape index (κ1) is 30.4. The summed E-state index contributed by atoms with van der Waals surface area (Å²) in [5.41, 5.74) is 6.68. The smallest absolute Gasteiger partial charge is 0.350 e. The highest BCUT2D eigenvalue weighted by Crippen LogP contribution is 2.40. The van der Waals surface area contributed by atoms with Crippen molar-refractivity contribution in [1.29, 1.82) is 0 Å². The maximum Gasteiger partial charge on any atom is 0.350 e. The zero-order chi connectivity index (χ0) is 31.7. The van der Waals surface area contributed by atoms with Gasteiger partial charge in [-0.1, -0.05) is 26.0 Å². The van der Waals surface area contributed by atoms with Crippen LogP contribution >= 0.6 is 0 Å². The number of hydrogen-bond acceptors (Lipinski definition) is 8. The van der Waals surface area contributed by atoms with Crippen LogP contribution in [0.5, 0.6) is 5.75 Å². The number of rotatable bonds is 10. The maximum atomic E-state index is 12.8. The summed E-state index contributed by atoms with van der Waals surface area (Å²) in [7, 11) is 0. The number of benzene rings is 3. The monoisotopic (exact) mass is 624 g/mol. The predicted octanol–water partition coefficient (Wildman–Crippen LogP) is 5.36. The lowest BCUT2D eigenvalue weighted by Crippen LogP contribution is -2.46. The molecule has 242 valence electrons. The molecule has 3 unspecified atom stereocenters. The van der Waals surface area contributed by atoms with Crippen molar-refractivity contribution >= 4 is 17.1 Å². The van der Waals surface area contributed by atoms with Crippen LogP contribution in [-0.4, -0.2) is 66.4 Å². The highest BCUT2D eigenvalue weighted by Gasteiger charge is 2.42. The average Bonchev–Trinajstić information content (AvgIpc) is 3.86. The molecule has 46 heavy (non-hydrogen) atoms. The van der Waals surface area contributed by atoms with Crippen LogP contribution in [0.1, 0.15) is 50.8 Å². The van der Waals surface area contributed by atoms with Crippen molar-refractivity contribution in [3.63, 3.8) is 0 Å². The summed E-state index contributed by atoms with van der Waals surface area (Å²) in [5, 5.41) is 7.76. The highest BCUT2D eigenvalue weighted by atomic mass is 16.8. The van der Waals surface area contributed by atoms with Gasteiger partial charge in [0.1, 0.15) is 24.8 Å². The molecule has 0 saturated carbocycles. The van der Waals surface area contributed by atoms with Gasteiger partial charge in [-0.25, -0.2) is 14.0 Å². The molecule has 3 aliphatic heterocycles. The SMILES string of the molecule is CCC(C)n1ncn(-c2ccc(N3CCN(c4ccc(OCC5COC(CC)(c6ccc7c(c6)NCC7)O5)cc4)CC3)cc2)c1=O. The summed E-state index contributed by atoms with van der Waals surface area (Å²) in [6.07, 6.45) is 4.14. The van der Waals surface area contributed by atoms with Crippen molar-refractivity contribution in [1.82, 2.24) is 14.3 Å². The molecule has 3 aromatic carbocycles. The molecule has 7 rings (SSSR count). The molecular formula is C36H44N6O4. The van der Waals surface area contributed by atoms with Crippen molar-refractivity contribution in [3.05, 3.63) is 94.7 Å². The number of piperazine rings is 1. The number of anilines is 3. The highest BCUT2D eigenvalue weighted by molar-refractivity contribution is 5.58. The first-order valence-corrected chi connectivity index (χ1v) is 16.6. The first-order valence-electron chi connectivity index (χ1n) is 16.6. The Kier molecular flexibility index (Phi) is 8.48. The third-order valence-electron chi connectivity index (χ3n) is 9.70. The average molecular weight is 625 g/mol. The first-order chi connectivity index (χ1) is 22.5. The van der Waals surface area contributed by atoms with Crippen molar-refractivity contribution in [2.45, 2.75) is 58.0 Å². The topological polar surface area (TPSA) is 86.0 Å². The summed E-state index contributed by atoms with van der Waals surface area (Å²) in [6, 6.07) is 23.1. The number of aromatic nitrogens is 3. The van der Waals surface area contributed by atoms with Crippen molar-refractivity contribution < 1.29 is 14.2 Å². The lowest BCUT2D eigenvalue weighted by atomic mass is 10.00. The number of nitrogens with one attached hydrogen (secondary N) is 1. The van der Waals surface area contributed by atoms with Crippen molar-refractivity contribution in [2.75, 3.05) is 61.1 Å². The van der Waals surface area contributed by atoms with Crippen LogP contribution in [0.15, 0.2) is 77.9 Å². The maximum absolute atomic E-state index is 12.8. The molecule has 0 radical (unpaired) electrons. The van der Waals surface area contributed by atoms with Gasteiger partial charge in [-0.3, -0.25) is 0 Å². The molecule has 0 spiro atoms. The second kappa shape index (κ2) is 12.8. The van der Waals surface area contributed by atoms with E-state index < -0.39 is 5.79 Å². The fraction of sp³-hybridized carbons (Fsp3) is 0.444. The van der Waals surface area contributed by atoms with Gasteiger partial charge in [0.05, 0.1) is 18.3 Å². The van der Waals surface area contributed by atoms with Crippen molar-refractivity contribution in [2.24, 2.45) is 0 Å². The molecule has 0 bridgehead atoms. The Balaban J connectivity index is 0.901. The van der Waals surface area contributed by atoms with E-state index in [1.165, 1.54) is 16.9 Å². The van der Waals surface area contributed by atoms with Gasteiger partial charge < -0.3 is 29.3 Å². The normalized spacial score (nSPS) is 21.7. The molecule has 4 heterocycles. The van der Waals surface area contributed by atoms with Crippen LogP contribution in [0.3, 0.4) is 0 Å². The van der Waals surface area contributed by atoms with Crippen molar-refractivity contribution in [3.8, 4) is 11.4 Å². The fourth-order valence-electron chi connectivity index (χ4n) is 6.67. The van der Waals surface area contributed by atoms with Crippen LogP contribution in [0, 0.1) is 0 Å². The number of nitrogens with zero attached hydrogens (tertiary/aromatic N) is 5. The zero-order valence-corrected chi connectivity index (χ0v) is 27.0. The van der Waals surface area contributed by atoms with E-state index in [4.69, 9.17) is 14.2 Å². The molecule has 2 fully saturated rings. The van der Waals surface area contributed by atoms with Gasteiger partial charge in [0.15, 0.2) is 5.79 Å². The second-order valence-electron chi connectivity index (χ2n) is 12.5. The summed E-state index contributed by atoms with van der Waals surface area (Å²) < 4.78 is 22.0. The predicted molar refractivity (Wildman–Crippen MR) is 181 cm³/mol. The third-order valence-corrected chi connectivity index (χ3v) is 9.70. The second-order valence-corrected chi connectivity index (χ2v) is 12.5. The molecule has 10 heteroatoms. The Morgan fingerprint density at radius 1 is 0.957 bits per heavy atom. The van der Waals surface area contributed by atoms with Gasteiger partial charge >= 0.3 is 5.69 Å². The number of hydrogen-bond donors (Lipinski definition) is 1. The molecule has 3 aliphatic rings. The fourth-order valence-corrected chi connectivity index (χ4v) is 6.67. The quantitative estimate of drug-likeness (QED) is 0.253. The minimum absolute atomic E-state index is 0.0788. The van der Waals surface area contributed by atoms with Gasteiger partial charge in [-0.2, -0.15) is 5.10 Å². The lowest BCUT2D eigenvalue weighted by molar-refractivity contribution is -0.181. The van der Waals surface area contributed by atoms with Crippen LogP contribution in [0.2, 0.25) is 0 Å². The summed E-state index contributed by atoms with van der Waals surface area (Å²) in [6.45, 7) is 11.8. The molecular weight excluding hydrogens is 580 g/mol. The van der Waals surface area contributed by atoms with E-state index in [-0.39, 0.29) is 17.8 Å². The molecule has 1 aromatic heterocycles. The van der Waals surface area contributed by atoms with E-state index in [0.717, 1.165) is 74.7 Å².